The first-order chi connectivity index (χ1) is 8.07. The van der Waals surface area contributed by atoms with E-state index in [1.54, 1.807) is 0 Å². The summed E-state index contributed by atoms with van der Waals surface area (Å²) < 4.78 is 74.9. The van der Waals surface area contributed by atoms with Crippen LogP contribution in [0.25, 0.3) is 0 Å². The summed E-state index contributed by atoms with van der Waals surface area (Å²) >= 11 is 0. The number of carbonyl (C=O) groups is 1. The van der Waals surface area contributed by atoms with Gasteiger partial charge in [-0.2, -0.15) is 13.2 Å². The zero-order valence-corrected chi connectivity index (χ0v) is 8.60. The number of carbonyl (C=O) groups excluding carboxylic acids is 1. The van der Waals surface area contributed by atoms with E-state index in [-0.39, 0.29) is 0 Å². The molecule has 0 heterocycles. The molecule has 0 saturated heterocycles. The van der Waals surface area contributed by atoms with Gasteiger partial charge in [0.05, 0.1) is 0 Å². The van der Waals surface area contributed by atoms with Gasteiger partial charge in [-0.15, -0.1) is 13.2 Å². The number of hydrogen-bond donors (Lipinski definition) is 0. The highest BCUT2D eigenvalue weighted by Gasteiger charge is 2.33. The summed E-state index contributed by atoms with van der Waals surface area (Å²) in [5.41, 5.74) is -0.492. The van der Waals surface area contributed by atoms with Gasteiger partial charge in [0.2, 0.25) is 0 Å². The monoisotopic (exact) mass is 272 g/mol. The first-order valence-electron chi connectivity index (χ1n) is 4.52. The van der Waals surface area contributed by atoms with Crippen molar-refractivity contribution in [3.63, 3.8) is 0 Å². The third-order valence-electron chi connectivity index (χ3n) is 1.75. The molecule has 1 aromatic rings. The maximum atomic E-state index is 11.9. The van der Waals surface area contributed by atoms with Crippen LogP contribution in [0.5, 0.6) is 5.75 Å². The summed E-state index contributed by atoms with van der Waals surface area (Å²) in [6, 6.07) is 3.49. The van der Waals surface area contributed by atoms with E-state index in [0.29, 0.717) is 6.07 Å². The zero-order valence-electron chi connectivity index (χ0n) is 8.60. The van der Waals surface area contributed by atoms with Crippen molar-refractivity contribution < 1.29 is 35.9 Å². The van der Waals surface area contributed by atoms with Crippen molar-refractivity contribution in [1.82, 2.24) is 0 Å². The molecule has 1 rings (SSSR count). The van der Waals surface area contributed by atoms with Gasteiger partial charge in [0.1, 0.15) is 12.2 Å². The van der Waals surface area contributed by atoms with E-state index < -0.39 is 36.1 Å². The minimum absolute atomic E-state index is 0.492. The van der Waals surface area contributed by atoms with Crippen molar-refractivity contribution in [2.24, 2.45) is 0 Å². The summed E-state index contributed by atoms with van der Waals surface area (Å²) in [4.78, 5) is 11.1. The molecule has 0 unspecified atom stereocenters. The summed E-state index contributed by atoms with van der Waals surface area (Å²) in [5.74, 6) is -2.06. The van der Waals surface area contributed by atoms with Crippen molar-refractivity contribution in [2.45, 2.75) is 19.0 Å². The molecule has 0 fully saturated rings. The van der Waals surface area contributed by atoms with Gasteiger partial charge in [0.15, 0.2) is 5.78 Å². The maximum absolute atomic E-state index is 11.9. The van der Waals surface area contributed by atoms with Crippen molar-refractivity contribution in [3.8, 4) is 5.75 Å². The van der Waals surface area contributed by atoms with Crippen LogP contribution in [0.1, 0.15) is 16.8 Å². The van der Waals surface area contributed by atoms with E-state index in [2.05, 4.69) is 4.74 Å². The maximum Gasteiger partial charge on any atom is 0.573 e. The van der Waals surface area contributed by atoms with E-state index in [0.717, 1.165) is 18.2 Å². The highest BCUT2D eigenvalue weighted by molar-refractivity contribution is 5.96. The number of hydrogen-bond acceptors (Lipinski definition) is 2. The lowest BCUT2D eigenvalue weighted by Crippen LogP contribution is -2.18. The van der Waals surface area contributed by atoms with Crippen LogP contribution in [0, 0.1) is 0 Å². The minimum Gasteiger partial charge on any atom is -0.406 e. The standard InChI is InChI=1S/C10H6F6O2/c11-9(12,13)5-8(17)6-2-1-3-7(4-6)18-10(14,15)16/h1-4H,5H2. The van der Waals surface area contributed by atoms with Gasteiger partial charge in [-0.05, 0) is 12.1 Å². The van der Waals surface area contributed by atoms with Crippen LogP contribution in [0.3, 0.4) is 0 Å². The molecule has 18 heavy (non-hydrogen) atoms. The van der Waals surface area contributed by atoms with Crippen molar-refractivity contribution >= 4 is 5.78 Å². The average molecular weight is 272 g/mol. The van der Waals surface area contributed by atoms with Gasteiger partial charge in [0, 0.05) is 5.56 Å². The van der Waals surface area contributed by atoms with Gasteiger partial charge < -0.3 is 4.74 Å². The molecule has 0 aliphatic rings. The number of alkyl halides is 6. The van der Waals surface area contributed by atoms with Crippen LogP contribution in [-0.4, -0.2) is 18.3 Å². The largest absolute Gasteiger partial charge is 0.573 e. The number of rotatable bonds is 3. The van der Waals surface area contributed by atoms with Gasteiger partial charge in [-0.3, -0.25) is 4.79 Å². The first-order valence-corrected chi connectivity index (χ1v) is 4.52. The molecule has 0 aromatic heterocycles. The molecule has 0 radical (unpaired) electrons. The lowest BCUT2D eigenvalue weighted by atomic mass is 10.1. The smallest absolute Gasteiger partial charge is 0.406 e. The number of halogens is 6. The summed E-state index contributed by atoms with van der Waals surface area (Å²) in [7, 11) is 0. The Kier molecular flexibility index (Phi) is 3.88. The van der Waals surface area contributed by atoms with Gasteiger partial charge in [0.25, 0.3) is 0 Å². The minimum atomic E-state index is -4.97. The third-order valence-corrected chi connectivity index (χ3v) is 1.75. The number of ether oxygens (including phenoxy) is 1. The Hall–Kier alpha value is -1.73. The second-order valence-electron chi connectivity index (χ2n) is 3.29. The molecule has 2 nitrogen and oxygen atoms in total. The summed E-state index contributed by atoms with van der Waals surface area (Å²) in [6.45, 7) is 0. The van der Waals surface area contributed by atoms with Crippen molar-refractivity contribution in [1.29, 1.82) is 0 Å². The fourth-order valence-electron chi connectivity index (χ4n) is 1.15. The fourth-order valence-corrected chi connectivity index (χ4v) is 1.15. The third kappa shape index (κ3) is 5.07. The Morgan fingerprint density at radius 3 is 2.22 bits per heavy atom. The van der Waals surface area contributed by atoms with Crippen molar-refractivity contribution in [2.75, 3.05) is 0 Å². The van der Waals surface area contributed by atoms with E-state index in [1.807, 2.05) is 0 Å². The van der Waals surface area contributed by atoms with E-state index in [1.165, 1.54) is 0 Å². The second-order valence-corrected chi connectivity index (χ2v) is 3.29. The predicted molar refractivity (Wildman–Crippen MR) is 48.1 cm³/mol. The molecule has 0 aliphatic heterocycles. The predicted octanol–water partition coefficient (Wildman–Crippen LogP) is 3.72. The van der Waals surface area contributed by atoms with Crippen LogP contribution in [0.2, 0.25) is 0 Å². The SMILES string of the molecule is O=C(CC(F)(F)F)c1cccc(OC(F)(F)F)c1. The molecule has 8 heteroatoms. The van der Waals surface area contributed by atoms with Gasteiger partial charge >= 0.3 is 12.5 Å². The van der Waals surface area contributed by atoms with Crippen LogP contribution in [0.15, 0.2) is 24.3 Å². The Morgan fingerprint density at radius 1 is 1.11 bits per heavy atom. The van der Waals surface area contributed by atoms with E-state index in [4.69, 9.17) is 0 Å². The van der Waals surface area contributed by atoms with Crippen LogP contribution in [-0.2, 0) is 0 Å². The number of benzene rings is 1. The van der Waals surface area contributed by atoms with Crippen molar-refractivity contribution in [3.05, 3.63) is 29.8 Å². The lowest BCUT2D eigenvalue weighted by molar-refractivity contribution is -0.274. The lowest BCUT2D eigenvalue weighted by Gasteiger charge is -2.10. The summed E-state index contributed by atoms with van der Waals surface area (Å²) in [6.07, 6.45) is -11.4. The quantitative estimate of drug-likeness (QED) is 0.619. The normalized spacial score (nSPS) is 12.3. The Balaban J connectivity index is 2.85. The Morgan fingerprint density at radius 2 is 1.72 bits per heavy atom. The van der Waals surface area contributed by atoms with E-state index >= 15 is 0 Å². The molecular formula is C10H6F6O2. The Bertz CT molecular complexity index is 435. The fraction of sp³-hybridized carbons (Fsp3) is 0.300. The van der Waals surface area contributed by atoms with Gasteiger partial charge in [-0.25, -0.2) is 0 Å². The number of ketones is 1. The Labute approximate surface area is 97.2 Å². The van der Waals surface area contributed by atoms with E-state index in [9.17, 15) is 31.1 Å². The molecule has 0 saturated carbocycles. The second kappa shape index (κ2) is 4.87. The molecule has 0 bridgehead atoms. The molecule has 0 amide bonds. The highest BCUT2D eigenvalue weighted by atomic mass is 19.4. The van der Waals surface area contributed by atoms with Crippen LogP contribution in [0.4, 0.5) is 26.3 Å². The topological polar surface area (TPSA) is 26.3 Å². The molecule has 0 aliphatic carbocycles. The van der Waals surface area contributed by atoms with Crippen LogP contribution >= 0.6 is 0 Å². The zero-order chi connectivity index (χ0) is 14.0. The van der Waals surface area contributed by atoms with Gasteiger partial charge in [-0.1, -0.05) is 12.1 Å². The van der Waals surface area contributed by atoms with Crippen LogP contribution < -0.4 is 4.74 Å². The molecular weight excluding hydrogens is 266 g/mol. The molecule has 1 aromatic carbocycles. The number of Topliss-reactive ketones (excluding diaryl/α,β-unsaturated/α-hetero) is 1. The first kappa shape index (κ1) is 14.3. The molecule has 0 N–H and O–H groups in total. The summed E-state index contributed by atoms with van der Waals surface area (Å²) in [5, 5.41) is 0. The molecule has 100 valence electrons. The molecule has 0 spiro atoms. The molecule has 0 atom stereocenters. The highest BCUT2D eigenvalue weighted by Crippen LogP contribution is 2.26. The average Bonchev–Trinajstić information content (AvgIpc) is 2.12.